The summed E-state index contributed by atoms with van der Waals surface area (Å²) >= 11 is 0. The maximum atomic E-state index is 12.6. The van der Waals surface area contributed by atoms with Gasteiger partial charge in [-0.3, -0.25) is 4.79 Å². The van der Waals surface area contributed by atoms with Crippen molar-refractivity contribution in [3.8, 4) is 0 Å². The van der Waals surface area contributed by atoms with Gasteiger partial charge in [0.1, 0.15) is 25.1 Å². The summed E-state index contributed by atoms with van der Waals surface area (Å²) in [4.78, 5) is 14.4. The summed E-state index contributed by atoms with van der Waals surface area (Å²) in [6.07, 6.45) is 10.3. The molecule has 5 rings (SSSR count). The first-order valence-electron chi connectivity index (χ1n) is 11.6. The Labute approximate surface area is 163 Å². The van der Waals surface area contributed by atoms with Crippen molar-refractivity contribution in [2.24, 2.45) is 23.2 Å². The van der Waals surface area contributed by atoms with Gasteiger partial charge in [-0.2, -0.15) is 0 Å². The van der Waals surface area contributed by atoms with E-state index >= 15 is 0 Å². The van der Waals surface area contributed by atoms with Crippen molar-refractivity contribution in [3.05, 3.63) is 0 Å². The maximum absolute atomic E-state index is 12.6. The van der Waals surface area contributed by atoms with Crippen molar-refractivity contribution in [1.29, 1.82) is 0 Å². The van der Waals surface area contributed by atoms with Crippen LogP contribution in [0, 0.1) is 23.2 Å². The Bertz CT molecular complexity index is 572. The molecule has 5 nitrogen and oxygen atoms in total. The van der Waals surface area contributed by atoms with E-state index in [0.717, 1.165) is 32.5 Å². The third-order valence-electron chi connectivity index (χ3n) is 8.76. The molecule has 3 N–H and O–H groups in total. The molecule has 2 aliphatic carbocycles. The zero-order valence-electron chi connectivity index (χ0n) is 17.0. The molecule has 0 aromatic carbocycles. The van der Waals surface area contributed by atoms with Crippen molar-refractivity contribution in [1.82, 2.24) is 0 Å². The molecular formula is C22H38N2O3+2. The number of carbonyl (C=O) groups is 1. The highest BCUT2D eigenvalue weighted by atomic mass is 16.6. The smallest absolute Gasteiger partial charge is 0.315 e. The Morgan fingerprint density at radius 3 is 2.78 bits per heavy atom. The molecule has 0 bridgehead atoms. The Hall–Kier alpha value is -0.650. The molecule has 0 aromatic rings. The summed E-state index contributed by atoms with van der Waals surface area (Å²) < 4.78 is 11.9. The fourth-order valence-electron chi connectivity index (χ4n) is 7.13. The number of nitrogens with two attached hydrogens (primary N) is 1. The number of hydrogen-bond acceptors (Lipinski definition) is 3. The molecule has 152 valence electrons. The Morgan fingerprint density at radius 1 is 1.19 bits per heavy atom. The average Bonchev–Trinajstić information content (AvgIpc) is 3.36. The van der Waals surface area contributed by atoms with E-state index in [1.807, 2.05) is 0 Å². The standard InChI is InChI=1S/C22H36N2O3/c1-21-6-5-7-22(15-26-22)19(21)12-16-17(20(25)27-18(16)13-21)14-23-8-11-24-9-3-2-4-10-24/h16-19,23H,2-15H2,1H3/p+2/t16-,17-,18-,19+,21-,22+/m1/s1. The number of ether oxygens (including phenoxy) is 2. The first-order valence-corrected chi connectivity index (χ1v) is 11.6. The summed E-state index contributed by atoms with van der Waals surface area (Å²) in [5, 5.41) is 2.40. The van der Waals surface area contributed by atoms with Crippen LogP contribution in [0.2, 0.25) is 0 Å². The summed E-state index contributed by atoms with van der Waals surface area (Å²) in [6.45, 7) is 9.38. The van der Waals surface area contributed by atoms with Crippen LogP contribution < -0.4 is 10.2 Å². The van der Waals surface area contributed by atoms with Crippen LogP contribution in [-0.4, -0.2) is 57.0 Å². The predicted molar refractivity (Wildman–Crippen MR) is 101 cm³/mol. The lowest BCUT2D eigenvalue weighted by Gasteiger charge is -2.51. The molecule has 2 saturated carbocycles. The predicted octanol–water partition coefficient (Wildman–Crippen LogP) is 0.146. The van der Waals surface area contributed by atoms with Gasteiger partial charge in [0.05, 0.1) is 31.8 Å². The molecule has 6 atom stereocenters. The molecular weight excluding hydrogens is 340 g/mol. The minimum atomic E-state index is 0.0829. The van der Waals surface area contributed by atoms with Crippen LogP contribution >= 0.6 is 0 Å². The van der Waals surface area contributed by atoms with Gasteiger partial charge in [-0.1, -0.05) is 6.92 Å². The van der Waals surface area contributed by atoms with E-state index in [-0.39, 0.29) is 23.6 Å². The Morgan fingerprint density at radius 2 is 2.00 bits per heavy atom. The largest absolute Gasteiger partial charge is 0.462 e. The number of likely N-dealkylation sites (tertiary alicyclic amines) is 1. The second-order valence-electron chi connectivity index (χ2n) is 10.5. The van der Waals surface area contributed by atoms with E-state index in [4.69, 9.17) is 9.47 Å². The molecule has 5 heteroatoms. The number of hydrogen-bond donors (Lipinski definition) is 2. The number of quaternary nitrogens is 2. The highest BCUT2D eigenvalue weighted by Crippen LogP contribution is 2.62. The number of fused-ring (bicyclic) bond motifs is 3. The molecule has 5 fully saturated rings. The molecule has 3 heterocycles. The van der Waals surface area contributed by atoms with Crippen LogP contribution in [0.1, 0.15) is 58.3 Å². The lowest BCUT2D eigenvalue weighted by molar-refractivity contribution is -0.917. The highest BCUT2D eigenvalue weighted by Gasteiger charge is 2.65. The normalized spacial score (nSPS) is 46.8. The number of nitrogens with one attached hydrogen (secondary N) is 1. The number of rotatable bonds is 5. The van der Waals surface area contributed by atoms with E-state index in [1.54, 1.807) is 4.90 Å². The van der Waals surface area contributed by atoms with Gasteiger partial charge in [-0.15, -0.1) is 0 Å². The Kier molecular flexibility index (Phi) is 4.76. The molecule has 0 radical (unpaired) electrons. The highest BCUT2D eigenvalue weighted by molar-refractivity contribution is 5.75. The molecule has 0 aromatic heterocycles. The van der Waals surface area contributed by atoms with Crippen LogP contribution in [-0.2, 0) is 14.3 Å². The molecule has 5 aliphatic rings. The third-order valence-corrected chi connectivity index (χ3v) is 8.76. The lowest BCUT2D eigenvalue weighted by atomic mass is 9.53. The average molecular weight is 379 g/mol. The summed E-state index contributed by atoms with van der Waals surface area (Å²) in [5.41, 5.74) is 0.474. The van der Waals surface area contributed by atoms with Crippen molar-refractivity contribution >= 4 is 5.97 Å². The SMILES string of the molecule is C[C@]12CCC[C@]3(CO3)[C@H]1C[C@H]1[C@@H](C2)OC(=O)[C@@H]1C[NH2+]CC[NH+]1CCCCC1. The Balaban J connectivity index is 1.18. The molecule has 3 aliphatic heterocycles. The van der Waals surface area contributed by atoms with Crippen LogP contribution in [0.4, 0.5) is 0 Å². The number of esters is 1. The number of piperidine rings is 1. The van der Waals surface area contributed by atoms with Gasteiger partial charge in [0.15, 0.2) is 0 Å². The molecule has 27 heavy (non-hydrogen) atoms. The summed E-state index contributed by atoms with van der Waals surface area (Å²) in [7, 11) is 0. The number of epoxide rings is 1. The summed E-state index contributed by atoms with van der Waals surface area (Å²) in [5.74, 6) is 1.25. The first kappa shape index (κ1) is 18.4. The van der Waals surface area contributed by atoms with Crippen LogP contribution in [0.5, 0.6) is 0 Å². The second kappa shape index (κ2) is 7.00. The zero-order chi connectivity index (χ0) is 18.5. The van der Waals surface area contributed by atoms with Gasteiger partial charge < -0.3 is 19.7 Å². The minimum Gasteiger partial charge on any atom is -0.462 e. The number of carbonyl (C=O) groups excluding carboxylic acids is 1. The van der Waals surface area contributed by atoms with Gasteiger partial charge in [0, 0.05) is 5.92 Å². The van der Waals surface area contributed by atoms with Gasteiger partial charge >= 0.3 is 5.97 Å². The maximum Gasteiger partial charge on any atom is 0.315 e. The first-order chi connectivity index (χ1) is 13.1. The second-order valence-corrected chi connectivity index (χ2v) is 10.5. The third kappa shape index (κ3) is 3.34. The van der Waals surface area contributed by atoms with Crippen molar-refractivity contribution in [2.75, 3.05) is 39.3 Å². The summed E-state index contributed by atoms with van der Waals surface area (Å²) in [6, 6.07) is 0. The van der Waals surface area contributed by atoms with E-state index in [0.29, 0.717) is 17.3 Å². The van der Waals surface area contributed by atoms with E-state index < -0.39 is 0 Å². The molecule has 1 spiro atoms. The topological polar surface area (TPSA) is 59.9 Å². The van der Waals surface area contributed by atoms with Crippen molar-refractivity contribution < 1.29 is 24.5 Å². The lowest BCUT2D eigenvalue weighted by Crippen LogP contribution is -3.15. The van der Waals surface area contributed by atoms with E-state index in [1.165, 1.54) is 58.2 Å². The quantitative estimate of drug-likeness (QED) is 0.407. The van der Waals surface area contributed by atoms with Crippen LogP contribution in [0.15, 0.2) is 0 Å². The molecule has 3 saturated heterocycles. The fourth-order valence-corrected chi connectivity index (χ4v) is 7.13. The van der Waals surface area contributed by atoms with E-state index in [9.17, 15) is 4.79 Å². The van der Waals surface area contributed by atoms with Crippen LogP contribution in [0.25, 0.3) is 0 Å². The minimum absolute atomic E-state index is 0.0829. The van der Waals surface area contributed by atoms with Gasteiger partial charge in [0.2, 0.25) is 0 Å². The monoisotopic (exact) mass is 378 g/mol. The van der Waals surface area contributed by atoms with Gasteiger partial charge in [-0.25, -0.2) is 0 Å². The van der Waals surface area contributed by atoms with Crippen molar-refractivity contribution in [3.63, 3.8) is 0 Å². The molecule has 0 unspecified atom stereocenters. The van der Waals surface area contributed by atoms with Crippen molar-refractivity contribution in [2.45, 2.75) is 70.0 Å². The fraction of sp³-hybridized carbons (Fsp3) is 0.955. The van der Waals surface area contributed by atoms with Crippen LogP contribution in [0.3, 0.4) is 0 Å². The van der Waals surface area contributed by atoms with Gasteiger partial charge in [0.25, 0.3) is 0 Å². The van der Waals surface area contributed by atoms with Gasteiger partial charge in [-0.05, 0) is 62.7 Å². The molecule has 0 amide bonds. The zero-order valence-corrected chi connectivity index (χ0v) is 17.0. The van der Waals surface area contributed by atoms with E-state index in [2.05, 4.69) is 12.2 Å².